The zero-order valence-electron chi connectivity index (χ0n) is 11.9. The Morgan fingerprint density at radius 3 is 2.94 bits per heavy atom. The molecule has 0 bridgehead atoms. The Morgan fingerprint density at radius 2 is 2.22 bits per heavy atom. The first-order valence-electron chi connectivity index (χ1n) is 7.25. The maximum absolute atomic E-state index is 8.63. The third kappa shape index (κ3) is 2.77. The van der Waals surface area contributed by atoms with E-state index in [-0.39, 0.29) is 0 Å². The second kappa shape index (κ2) is 5.70. The molecule has 2 heteroatoms. The molecule has 1 nitrogen and oxygen atoms in total. The average Bonchev–Trinajstić information content (AvgIpc) is 2.65. The molecule has 0 aliphatic heterocycles. The molecule has 0 heterocycles. The molecule has 2 aliphatic rings. The third-order valence-corrected chi connectivity index (χ3v) is 5.93. The van der Waals surface area contributed by atoms with Gasteiger partial charge in [0.15, 0.2) is 0 Å². The van der Waals surface area contributed by atoms with Crippen molar-refractivity contribution in [3.05, 3.63) is 11.6 Å². The maximum atomic E-state index is 8.63. The molecule has 0 aromatic rings. The fourth-order valence-corrected chi connectivity index (χ4v) is 4.90. The fraction of sp³-hybridized carbons (Fsp3) is 0.812. The molecule has 0 radical (unpaired) electrons. The van der Waals surface area contributed by atoms with Crippen LogP contribution in [0.15, 0.2) is 11.6 Å². The van der Waals surface area contributed by atoms with Gasteiger partial charge in [0.1, 0.15) is 5.40 Å². The molecule has 4 atom stereocenters. The summed E-state index contributed by atoms with van der Waals surface area (Å²) in [6, 6.07) is 0. The predicted octanol–water partition coefficient (Wildman–Crippen LogP) is 5.00. The number of rotatable bonds is 3. The van der Waals surface area contributed by atoms with Crippen LogP contribution in [0.4, 0.5) is 0 Å². The van der Waals surface area contributed by atoms with Gasteiger partial charge in [-0.05, 0) is 61.1 Å². The molecule has 2 rings (SSSR count). The van der Waals surface area contributed by atoms with Crippen molar-refractivity contribution in [2.75, 3.05) is 5.75 Å². The molecule has 0 aromatic heterocycles. The maximum Gasteiger partial charge on any atom is 0.133 e. The monoisotopic (exact) mass is 263 g/mol. The van der Waals surface area contributed by atoms with Crippen LogP contribution in [-0.4, -0.2) is 5.75 Å². The van der Waals surface area contributed by atoms with Gasteiger partial charge in [-0.1, -0.05) is 38.3 Å². The minimum Gasteiger partial charge on any atom is -0.185 e. The predicted molar refractivity (Wildman–Crippen MR) is 79.2 cm³/mol. The Balaban J connectivity index is 2.08. The molecule has 2 saturated carbocycles. The lowest BCUT2D eigenvalue weighted by Crippen LogP contribution is -2.34. The lowest BCUT2D eigenvalue weighted by molar-refractivity contribution is 0.0822. The van der Waals surface area contributed by atoms with Crippen molar-refractivity contribution < 1.29 is 0 Å². The first-order valence-corrected chi connectivity index (χ1v) is 8.23. The molecule has 2 aliphatic carbocycles. The number of thioether (sulfide) groups is 1. The highest BCUT2D eigenvalue weighted by Crippen LogP contribution is 2.57. The minimum absolute atomic E-state index is 0.599. The highest BCUT2D eigenvalue weighted by molar-refractivity contribution is 8.03. The Bertz CT molecular complexity index is 368. The van der Waals surface area contributed by atoms with Gasteiger partial charge in [-0.15, -0.1) is 0 Å². The lowest BCUT2D eigenvalue weighted by Gasteiger charge is -2.42. The van der Waals surface area contributed by atoms with E-state index in [1.807, 2.05) is 0 Å². The largest absolute Gasteiger partial charge is 0.185 e. The zero-order valence-corrected chi connectivity index (χ0v) is 12.7. The van der Waals surface area contributed by atoms with E-state index in [2.05, 4.69) is 32.2 Å². The second-order valence-corrected chi connectivity index (χ2v) is 7.40. The Labute approximate surface area is 116 Å². The van der Waals surface area contributed by atoms with Crippen LogP contribution in [0.3, 0.4) is 0 Å². The minimum atomic E-state index is 0.599. The van der Waals surface area contributed by atoms with Gasteiger partial charge < -0.3 is 0 Å². The van der Waals surface area contributed by atoms with Gasteiger partial charge in [0.05, 0.1) is 0 Å². The van der Waals surface area contributed by atoms with Crippen LogP contribution in [0.25, 0.3) is 0 Å². The van der Waals surface area contributed by atoms with E-state index in [0.29, 0.717) is 5.41 Å². The van der Waals surface area contributed by atoms with Gasteiger partial charge in [0, 0.05) is 5.75 Å². The van der Waals surface area contributed by atoms with Gasteiger partial charge in [-0.2, -0.15) is 5.26 Å². The highest BCUT2D eigenvalue weighted by atomic mass is 32.2. The SMILES string of the molecule is CC(=CC1CCC2(C)CCCC(C)C12)CSC#N. The summed E-state index contributed by atoms with van der Waals surface area (Å²) in [5.74, 6) is 3.41. The fourth-order valence-electron chi connectivity index (χ4n) is 4.51. The van der Waals surface area contributed by atoms with E-state index in [1.54, 1.807) is 0 Å². The molecule has 0 N–H and O–H groups in total. The third-order valence-electron chi connectivity index (χ3n) is 5.20. The van der Waals surface area contributed by atoms with Crippen LogP contribution < -0.4 is 0 Å². The molecule has 0 spiro atoms. The summed E-state index contributed by atoms with van der Waals surface area (Å²) < 4.78 is 0. The summed E-state index contributed by atoms with van der Waals surface area (Å²) in [6.07, 6.45) is 9.52. The van der Waals surface area contributed by atoms with Crippen LogP contribution in [0.1, 0.15) is 52.9 Å². The quantitative estimate of drug-likeness (QED) is 0.528. The van der Waals surface area contributed by atoms with Crippen molar-refractivity contribution in [3.63, 3.8) is 0 Å². The van der Waals surface area contributed by atoms with E-state index in [9.17, 15) is 0 Å². The lowest BCUT2D eigenvalue weighted by atomic mass is 9.63. The smallest absolute Gasteiger partial charge is 0.133 e. The Morgan fingerprint density at radius 1 is 1.44 bits per heavy atom. The van der Waals surface area contributed by atoms with Crippen molar-refractivity contribution in [1.29, 1.82) is 5.26 Å². The molecule has 0 aromatic carbocycles. The van der Waals surface area contributed by atoms with E-state index in [0.717, 1.165) is 23.5 Å². The number of thiocyanates is 1. The van der Waals surface area contributed by atoms with Crippen molar-refractivity contribution >= 4 is 11.8 Å². The molecular weight excluding hydrogens is 238 g/mol. The summed E-state index contributed by atoms with van der Waals surface area (Å²) in [7, 11) is 0. The van der Waals surface area contributed by atoms with E-state index < -0.39 is 0 Å². The molecule has 0 saturated heterocycles. The normalized spacial score (nSPS) is 40.3. The number of nitriles is 1. The van der Waals surface area contributed by atoms with Crippen LogP contribution in [0.2, 0.25) is 0 Å². The number of fused-ring (bicyclic) bond motifs is 1. The van der Waals surface area contributed by atoms with Crippen LogP contribution in [0, 0.1) is 33.8 Å². The number of hydrogen-bond acceptors (Lipinski definition) is 2. The van der Waals surface area contributed by atoms with Crippen molar-refractivity contribution in [3.8, 4) is 5.40 Å². The van der Waals surface area contributed by atoms with Crippen molar-refractivity contribution in [2.45, 2.75) is 52.9 Å². The highest BCUT2D eigenvalue weighted by Gasteiger charge is 2.48. The number of hydrogen-bond donors (Lipinski definition) is 0. The van der Waals surface area contributed by atoms with Gasteiger partial charge in [0.25, 0.3) is 0 Å². The van der Waals surface area contributed by atoms with Crippen LogP contribution >= 0.6 is 11.8 Å². The molecule has 4 unspecified atom stereocenters. The summed E-state index contributed by atoms with van der Waals surface area (Å²) in [4.78, 5) is 0. The van der Waals surface area contributed by atoms with E-state index >= 15 is 0 Å². The van der Waals surface area contributed by atoms with Crippen molar-refractivity contribution in [2.24, 2.45) is 23.2 Å². The van der Waals surface area contributed by atoms with Gasteiger partial charge in [0.2, 0.25) is 0 Å². The summed E-state index contributed by atoms with van der Waals surface area (Å²) >= 11 is 1.37. The van der Waals surface area contributed by atoms with E-state index in [1.165, 1.54) is 49.4 Å². The molecule has 100 valence electrons. The topological polar surface area (TPSA) is 23.8 Å². The molecule has 18 heavy (non-hydrogen) atoms. The Hall–Kier alpha value is -0.420. The molecular formula is C16H25NS. The van der Waals surface area contributed by atoms with Gasteiger partial charge in [-0.25, -0.2) is 0 Å². The number of nitrogens with zero attached hydrogens (tertiary/aromatic N) is 1. The Kier molecular flexibility index (Phi) is 4.43. The van der Waals surface area contributed by atoms with Crippen molar-refractivity contribution in [1.82, 2.24) is 0 Å². The van der Waals surface area contributed by atoms with Gasteiger partial charge >= 0.3 is 0 Å². The van der Waals surface area contributed by atoms with Crippen LogP contribution in [0.5, 0.6) is 0 Å². The first-order chi connectivity index (χ1) is 8.57. The second-order valence-electron chi connectivity index (χ2n) is 6.64. The summed E-state index contributed by atoms with van der Waals surface area (Å²) in [5, 5.41) is 10.8. The average molecular weight is 263 g/mol. The summed E-state index contributed by atoms with van der Waals surface area (Å²) in [5.41, 5.74) is 2.00. The standard InChI is InChI=1S/C16H25NS/c1-12(10-18-11-17)9-14-6-8-16(3)7-4-5-13(2)15(14)16/h9,13-15H,4-8,10H2,1-3H3. The van der Waals surface area contributed by atoms with Gasteiger partial charge in [-0.3, -0.25) is 0 Å². The molecule has 2 fully saturated rings. The zero-order chi connectivity index (χ0) is 13.2. The first kappa shape index (κ1) is 14.0. The van der Waals surface area contributed by atoms with Crippen LogP contribution in [-0.2, 0) is 0 Å². The number of allylic oxidation sites excluding steroid dienone is 1. The summed E-state index contributed by atoms with van der Waals surface area (Å²) in [6.45, 7) is 7.15. The van der Waals surface area contributed by atoms with E-state index in [4.69, 9.17) is 5.26 Å². The molecule has 0 amide bonds.